The monoisotopic (exact) mass is 356 g/mol. The molecular formula is C18H24N6S. The summed E-state index contributed by atoms with van der Waals surface area (Å²) in [7, 11) is 2.17. The minimum atomic E-state index is 0.216. The van der Waals surface area contributed by atoms with E-state index in [0.717, 1.165) is 55.7 Å². The van der Waals surface area contributed by atoms with E-state index in [-0.39, 0.29) is 6.04 Å². The second-order valence-corrected chi connectivity index (χ2v) is 7.74. The van der Waals surface area contributed by atoms with Crippen LogP contribution in [0.2, 0.25) is 0 Å². The molecule has 1 atom stereocenters. The molecule has 1 fully saturated rings. The van der Waals surface area contributed by atoms with Gasteiger partial charge in [-0.25, -0.2) is 10.0 Å². The number of hydrogen-bond donors (Lipinski definition) is 0. The summed E-state index contributed by atoms with van der Waals surface area (Å²) in [5.74, 6) is 2.83. The molecular weight excluding hydrogens is 332 g/mol. The van der Waals surface area contributed by atoms with E-state index in [2.05, 4.69) is 42.0 Å². The van der Waals surface area contributed by atoms with E-state index in [9.17, 15) is 0 Å². The summed E-state index contributed by atoms with van der Waals surface area (Å²) in [5, 5.41) is 6.71. The second kappa shape index (κ2) is 7.17. The molecule has 0 amide bonds. The van der Waals surface area contributed by atoms with Gasteiger partial charge in [-0.3, -0.25) is 4.99 Å². The number of allylic oxidation sites excluding steroid dienone is 2. The number of fused-ring (bicyclic) bond motifs is 1. The maximum absolute atomic E-state index is 4.95. The standard InChI is InChI=1S/C18H24N6S/c1-14-6-7-20-24-15(16-5-3-4-12-25-16)13-19-17(18(24)21-14)23-10-8-22(2)9-11-23/h3-5,7,13-14H,6,8-12H2,1-2H3. The largest absolute Gasteiger partial charge is 0.351 e. The van der Waals surface area contributed by atoms with Crippen LogP contribution in [-0.4, -0.2) is 77.7 Å². The maximum atomic E-state index is 4.95. The number of hydrogen-bond acceptors (Lipinski definition) is 7. The van der Waals surface area contributed by atoms with Crippen molar-refractivity contribution in [2.75, 3.05) is 39.0 Å². The van der Waals surface area contributed by atoms with Gasteiger partial charge in [-0.2, -0.15) is 5.10 Å². The summed E-state index contributed by atoms with van der Waals surface area (Å²) in [6.45, 7) is 6.19. The molecule has 0 saturated carbocycles. The van der Waals surface area contributed by atoms with Gasteiger partial charge in [0.25, 0.3) is 0 Å². The van der Waals surface area contributed by atoms with Crippen LogP contribution < -0.4 is 0 Å². The molecule has 1 saturated heterocycles. The van der Waals surface area contributed by atoms with E-state index in [0.29, 0.717) is 0 Å². The van der Waals surface area contributed by atoms with Crippen LogP contribution in [-0.2, 0) is 0 Å². The fraction of sp³-hybridized carbons (Fsp3) is 0.500. The highest BCUT2D eigenvalue weighted by molar-refractivity contribution is 8.03. The highest BCUT2D eigenvalue weighted by Gasteiger charge is 2.32. The highest BCUT2D eigenvalue weighted by atomic mass is 32.2. The molecule has 0 aliphatic carbocycles. The highest BCUT2D eigenvalue weighted by Crippen LogP contribution is 2.33. The average molecular weight is 356 g/mol. The van der Waals surface area contributed by atoms with Gasteiger partial charge in [0.2, 0.25) is 0 Å². The molecule has 0 aromatic rings. The van der Waals surface area contributed by atoms with E-state index in [1.165, 1.54) is 4.91 Å². The van der Waals surface area contributed by atoms with Crippen LogP contribution in [0.3, 0.4) is 0 Å². The predicted octanol–water partition coefficient (Wildman–Crippen LogP) is 2.15. The Morgan fingerprint density at radius 1 is 1.16 bits per heavy atom. The molecule has 4 aliphatic rings. The molecule has 0 aromatic heterocycles. The lowest BCUT2D eigenvalue weighted by Crippen LogP contribution is -2.52. The van der Waals surface area contributed by atoms with Crippen molar-refractivity contribution in [2.45, 2.75) is 19.4 Å². The molecule has 1 unspecified atom stereocenters. The van der Waals surface area contributed by atoms with E-state index < -0.39 is 0 Å². The molecule has 0 aromatic carbocycles. The SMILES string of the molecule is CC1CC=NN2C(C3=CC=CCS3)=CN=C(N3CCN(C)CC3)C2=N1. The third kappa shape index (κ3) is 3.43. The molecule has 0 radical (unpaired) electrons. The first-order chi connectivity index (χ1) is 12.2. The van der Waals surface area contributed by atoms with Crippen molar-refractivity contribution in [3.63, 3.8) is 0 Å². The minimum Gasteiger partial charge on any atom is -0.351 e. The topological polar surface area (TPSA) is 46.8 Å². The van der Waals surface area contributed by atoms with E-state index in [1.54, 1.807) is 0 Å². The Bertz CT molecular complexity index is 709. The number of amidine groups is 2. The number of thioether (sulfide) groups is 1. The lowest BCUT2D eigenvalue weighted by molar-refractivity contribution is 0.216. The van der Waals surface area contributed by atoms with Crippen LogP contribution in [0.1, 0.15) is 13.3 Å². The molecule has 0 spiro atoms. The Labute approximate surface area is 153 Å². The third-order valence-electron chi connectivity index (χ3n) is 4.70. The van der Waals surface area contributed by atoms with Crippen molar-refractivity contribution in [1.82, 2.24) is 14.8 Å². The van der Waals surface area contributed by atoms with Crippen molar-refractivity contribution in [2.24, 2.45) is 15.1 Å². The molecule has 0 bridgehead atoms. The zero-order chi connectivity index (χ0) is 17.2. The van der Waals surface area contributed by atoms with Gasteiger partial charge >= 0.3 is 0 Å². The summed E-state index contributed by atoms with van der Waals surface area (Å²) in [5.41, 5.74) is 1.02. The van der Waals surface area contributed by atoms with E-state index >= 15 is 0 Å². The normalized spacial score (nSPS) is 27.2. The molecule has 132 valence electrons. The van der Waals surface area contributed by atoms with Gasteiger partial charge in [-0.1, -0.05) is 12.2 Å². The molecule has 4 rings (SSSR count). The van der Waals surface area contributed by atoms with Gasteiger partial charge in [0.1, 0.15) is 0 Å². The summed E-state index contributed by atoms with van der Waals surface area (Å²) in [6.07, 6.45) is 11.2. The zero-order valence-corrected chi connectivity index (χ0v) is 15.6. The lowest BCUT2D eigenvalue weighted by atomic mass is 10.2. The Kier molecular flexibility index (Phi) is 4.76. The Morgan fingerprint density at radius 3 is 2.76 bits per heavy atom. The van der Waals surface area contributed by atoms with Crippen LogP contribution >= 0.6 is 11.8 Å². The van der Waals surface area contributed by atoms with E-state index in [1.807, 2.05) is 29.2 Å². The van der Waals surface area contributed by atoms with Crippen LogP contribution in [0.5, 0.6) is 0 Å². The van der Waals surface area contributed by atoms with Gasteiger partial charge in [0.05, 0.1) is 17.9 Å². The van der Waals surface area contributed by atoms with Crippen molar-refractivity contribution in [3.05, 3.63) is 35.0 Å². The van der Waals surface area contributed by atoms with Gasteiger partial charge in [-0.05, 0) is 20.0 Å². The number of nitrogens with zero attached hydrogens (tertiary/aromatic N) is 6. The van der Waals surface area contributed by atoms with Crippen molar-refractivity contribution < 1.29 is 0 Å². The van der Waals surface area contributed by atoms with Gasteiger partial charge in [0, 0.05) is 49.5 Å². The Hall–Kier alpha value is -1.86. The molecule has 0 N–H and O–H groups in total. The third-order valence-corrected chi connectivity index (χ3v) is 5.71. The number of hydrazone groups is 1. The predicted molar refractivity (Wildman–Crippen MR) is 106 cm³/mol. The van der Waals surface area contributed by atoms with Crippen molar-refractivity contribution in [1.29, 1.82) is 0 Å². The molecule has 4 aliphatic heterocycles. The first kappa shape index (κ1) is 16.6. The van der Waals surface area contributed by atoms with Crippen molar-refractivity contribution >= 4 is 29.6 Å². The molecule has 7 heteroatoms. The van der Waals surface area contributed by atoms with Crippen LogP contribution in [0.15, 0.2) is 50.1 Å². The fourth-order valence-electron chi connectivity index (χ4n) is 3.18. The minimum absolute atomic E-state index is 0.216. The first-order valence-corrected chi connectivity index (χ1v) is 9.83. The van der Waals surface area contributed by atoms with Crippen LogP contribution in [0.4, 0.5) is 0 Å². The first-order valence-electron chi connectivity index (χ1n) is 8.84. The number of piperazine rings is 1. The van der Waals surface area contributed by atoms with Gasteiger partial charge in [0.15, 0.2) is 11.7 Å². The lowest BCUT2D eigenvalue weighted by Gasteiger charge is -2.37. The fourth-order valence-corrected chi connectivity index (χ4v) is 4.03. The zero-order valence-electron chi connectivity index (χ0n) is 14.8. The molecule has 4 heterocycles. The summed E-state index contributed by atoms with van der Waals surface area (Å²) in [4.78, 5) is 15.7. The van der Waals surface area contributed by atoms with Gasteiger partial charge in [-0.15, -0.1) is 11.8 Å². The Balaban J connectivity index is 1.72. The van der Waals surface area contributed by atoms with Crippen LogP contribution in [0.25, 0.3) is 0 Å². The number of likely N-dealkylation sites (N-methyl/N-ethyl adjacent to an activating group) is 1. The maximum Gasteiger partial charge on any atom is 0.193 e. The summed E-state index contributed by atoms with van der Waals surface area (Å²) >= 11 is 1.82. The average Bonchev–Trinajstić information content (AvgIpc) is 2.84. The van der Waals surface area contributed by atoms with E-state index in [4.69, 9.17) is 15.1 Å². The van der Waals surface area contributed by atoms with Gasteiger partial charge < -0.3 is 9.80 Å². The van der Waals surface area contributed by atoms with Crippen molar-refractivity contribution in [3.8, 4) is 0 Å². The summed E-state index contributed by atoms with van der Waals surface area (Å²) in [6, 6.07) is 0.216. The summed E-state index contributed by atoms with van der Waals surface area (Å²) < 4.78 is 0. The molecule has 25 heavy (non-hydrogen) atoms. The smallest absolute Gasteiger partial charge is 0.193 e. The number of aliphatic imine (C=N–C) groups is 2. The quantitative estimate of drug-likeness (QED) is 0.722. The Morgan fingerprint density at radius 2 is 2.00 bits per heavy atom. The van der Waals surface area contributed by atoms with Crippen LogP contribution in [0, 0.1) is 0 Å². The number of rotatable bonds is 1. The second-order valence-electron chi connectivity index (χ2n) is 6.67. The molecule has 6 nitrogen and oxygen atoms in total.